The van der Waals surface area contributed by atoms with E-state index in [-0.39, 0.29) is 0 Å². The van der Waals surface area contributed by atoms with Gasteiger partial charge in [0.2, 0.25) is 0 Å². The molecule has 0 saturated carbocycles. The molecule has 12 aromatic rings. The van der Waals surface area contributed by atoms with Gasteiger partial charge in [-0.1, -0.05) is 218 Å². The van der Waals surface area contributed by atoms with Crippen molar-refractivity contribution in [2.24, 2.45) is 0 Å². The fourth-order valence-corrected chi connectivity index (χ4v) is 9.75. The van der Waals surface area contributed by atoms with Crippen molar-refractivity contribution in [2.45, 2.75) is 0 Å². The first-order valence-corrected chi connectivity index (χ1v) is 21.9. The molecule has 0 aliphatic carbocycles. The highest BCUT2D eigenvalue weighted by atomic mass is 16.3. The van der Waals surface area contributed by atoms with Gasteiger partial charge in [-0.05, 0) is 102 Å². The molecule has 0 fully saturated rings. The fourth-order valence-electron chi connectivity index (χ4n) is 9.75. The monoisotopic (exact) mass is 815 g/mol. The lowest BCUT2D eigenvalue weighted by Gasteiger charge is -2.27. The van der Waals surface area contributed by atoms with E-state index in [2.05, 4.69) is 254 Å². The summed E-state index contributed by atoms with van der Waals surface area (Å²) in [6.45, 7) is 0. The molecule has 0 amide bonds. The van der Waals surface area contributed by atoms with Gasteiger partial charge in [-0.25, -0.2) is 0 Å². The van der Waals surface area contributed by atoms with Crippen molar-refractivity contribution in [1.82, 2.24) is 0 Å². The van der Waals surface area contributed by atoms with Crippen LogP contribution in [0.3, 0.4) is 0 Å². The number of benzene rings is 11. The summed E-state index contributed by atoms with van der Waals surface area (Å²) in [5.41, 5.74) is 16.4. The molecule has 0 N–H and O–H groups in total. The van der Waals surface area contributed by atoms with Gasteiger partial charge < -0.3 is 9.32 Å². The van der Waals surface area contributed by atoms with Gasteiger partial charge in [0.25, 0.3) is 0 Å². The number of hydrogen-bond donors (Lipinski definition) is 0. The van der Waals surface area contributed by atoms with Gasteiger partial charge in [-0.15, -0.1) is 0 Å². The Kier molecular flexibility index (Phi) is 9.20. The largest absolute Gasteiger partial charge is 0.453 e. The zero-order chi connectivity index (χ0) is 42.4. The number of nitrogens with zero attached hydrogens (tertiary/aromatic N) is 1. The van der Waals surface area contributed by atoms with Crippen molar-refractivity contribution >= 4 is 60.5 Å². The molecule has 0 aliphatic heterocycles. The van der Waals surface area contributed by atoms with Crippen LogP contribution in [0.25, 0.3) is 99.1 Å². The minimum absolute atomic E-state index is 0.836. The zero-order valence-electron chi connectivity index (χ0n) is 35.0. The molecule has 2 nitrogen and oxygen atoms in total. The molecule has 0 spiro atoms. The Morgan fingerprint density at radius 1 is 0.250 bits per heavy atom. The smallest absolute Gasteiger partial charge is 0.160 e. The topological polar surface area (TPSA) is 16.4 Å². The summed E-state index contributed by atoms with van der Waals surface area (Å²) in [4.78, 5) is 2.36. The van der Waals surface area contributed by atoms with Crippen LogP contribution in [0.5, 0.6) is 0 Å². The van der Waals surface area contributed by atoms with Crippen molar-refractivity contribution in [2.75, 3.05) is 4.90 Å². The van der Waals surface area contributed by atoms with E-state index in [1.54, 1.807) is 0 Å². The highest BCUT2D eigenvalue weighted by Crippen LogP contribution is 2.49. The first-order valence-electron chi connectivity index (χ1n) is 21.9. The average Bonchev–Trinajstić information content (AvgIpc) is 3.78. The summed E-state index contributed by atoms with van der Waals surface area (Å²) in [5.74, 6) is 0. The van der Waals surface area contributed by atoms with Crippen LogP contribution in [0.4, 0.5) is 17.1 Å². The molecule has 11 aromatic carbocycles. The van der Waals surface area contributed by atoms with E-state index in [1.165, 1.54) is 43.8 Å². The standard InChI is InChI=1S/C62H41NO/c1-5-18-42(19-6-1)43-32-36-48(37-33-43)63(57-41-40-50(44-20-7-2-8-21-44)60-56-31-17-30-51(61(56)64-62(57)60)45-22-9-3-10-23-45)49-38-34-47(35-39-49)59-55-29-16-14-27-53(55)52-26-13-15-28-54(52)58(59)46-24-11-4-12-25-46/h1-41H. The lowest BCUT2D eigenvalue weighted by molar-refractivity contribution is 0.670. The number of fused-ring (bicyclic) bond motifs is 6. The number of para-hydroxylation sites is 1. The SMILES string of the molecule is c1ccc(-c2ccc(N(c3ccc(-c4c(-c5ccccc5)c5ccccc5c5ccccc45)cc3)c3ccc(-c4ccccc4)c4c3oc3c(-c5ccccc5)cccc34)cc2)cc1. The molecule has 300 valence electrons. The van der Waals surface area contributed by atoms with Gasteiger partial charge in [0.1, 0.15) is 5.58 Å². The summed E-state index contributed by atoms with van der Waals surface area (Å²) in [6, 6.07) is 89.4. The molecular formula is C62H41NO. The normalized spacial score (nSPS) is 11.4. The van der Waals surface area contributed by atoms with Crippen LogP contribution in [0.2, 0.25) is 0 Å². The van der Waals surface area contributed by atoms with Crippen molar-refractivity contribution in [3.05, 3.63) is 249 Å². The highest BCUT2D eigenvalue weighted by Gasteiger charge is 2.24. The van der Waals surface area contributed by atoms with Crippen LogP contribution in [-0.4, -0.2) is 0 Å². The molecule has 0 bridgehead atoms. The van der Waals surface area contributed by atoms with Gasteiger partial charge in [-0.3, -0.25) is 0 Å². The summed E-state index contributed by atoms with van der Waals surface area (Å²) in [5, 5.41) is 7.16. The maximum atomic E-state index is 7.25. The Labute approximate surface area is 372 Å². The Morgan fingerprint density at radius 3 is 1.20 bits per heavy atom. The van der Waals surface area contributed by atoms with E-state index in [0.717, 1.165) is 72.4 Å². The molecule has 1 aromatic heterocycles. The molecule has 0 saturated heterocycles. The van der Waals surface area contributed by atoms with Gasteiger partial charge >= 0.3 is 0 Å². The maximum absolute atomic E-state index is 7.25. The molecule has 0 radical (unpaired) electrons. The molecular weight excluding hydrogens is 775 g/mol. The summed E-state index contributed by atoms with van der Waals surface area (Å²) in [6.07, 6.45) is 0. The molecule has 0 unspecified atom stereocenters. The van der Waals surface area contributed by atoms with Gasteiger partial charge in [0, 0.05) is 27.7 Å². The second kappa shape index (κ2) is 15.8. The minimum Gasteiger partial charge on any atom is -0.453 e. The third-order valence-corrected chi connectivity index (χ3v) is 12.7. The Balaban J connectivity index is 1.10. The number of furan rings is 1. The summed E-state index contributed by atoms with van der Waals surface area (Å²) in [7, 11) is 0. The van der Waals surface area contributed by atoms with Crippen LogP contribution < -0.4 is 4.90 Å². The average molecular weight is 816 g/mol. The predicted molar refractivity (Wildman–Crippen MR) is 271 cm³/mol. The third kappa shape index (κ3) is 6.35. The fraction of sp³-hybridized carbons (Fsp3) is 0. The third-order valence-electron chi connectivity index (χ3n) is 12.7. The van der Waals surface area contributed by atoms with Crippen molar-refractivity contribution < 1.29 is 4.42 Å². The van der Waals surface area contributed by atoms with Crippen LogP contribution >= 0.6 is 0 Å². The molecule has 12 rings (SSSR count). The van der Waals surface area contributed by atoms with Crippen LogP contribution in [-0.2, 0) is 0 Å². The maximum Gasteiger partial charge on any atom is 0.160 e. The molecule has 2 heteroatoms. The van der Waals surface area contributed by atoms with E-state index in [0.29, 0.717) is 0 Å². The Morgan fingerprint density at radius 2 is 0.656 bits per heavy atom. The number of hydrogen-bond acceptors (Lipinski definition) is 2. The molecule has 1 heterocycles. The van der Waals surface area contributed by atoms with Crippen molar-refractivity contribution in [1.29, 1.82) is 0 Å². The number of rotatable bonds is 8. The van der Waals surface area contributed by atoms with Crippen LogP contribution in [0.15, 0.2) is 253 Å². The molecule has 64 heavy (non-hydrogen) atoms. The summed E-state index contributed by atoms with van der Waals surface area (Å²) >= 11 is 0. The van der Waals surface area contributed by atoms with E-state index in [1.807, 2.05) is 0 Å². The van der Waals surface area contributed by atoms with Gasteiger partial charge in [0.05, 0.1) is 5.69 Å². The number of anilines is 3. The van der Waals surface area contributed by atoms with Crippen molar-refractivity contribution in [3.8, 4) is 55.6 Å². The predicted octanol–water partition coefficient (Wildman–Crippen LogP) is 17.7. The molecule has 0 aliphatic rings. The van der Waals surface area contributed by atoms with E-state index in [4.69, 9.17) is 4.42 Å². The Bertz CT molecular complexity index is 3610. The van der Waals surface area contributed by atoms with Crippen LogP contribution in [0.1, 0.15) is 0 Å². The van der Waals surface area contributed by atoms with E-state index < -0.39 is 0 Å². The van der Waals surface area contributed by atoms with Gasteiger partial charge in [0.15, 0.2) is 5.58 Å². The second-order valence-electron chi connectivity index (χ2n) is 16.4. The highest BCUT2D eigenvalue weighted by molar-refractivity contribution is 6.22. The van der Waals surface area contributed by atoms with Crippen LogP contribution in [0, 0.1) is 0 Å². The molecule has 0 atom stereocenters. The van der Waals surface area contributed by atoms with Crippen molar-refractivity contribution in [3.63, 3.8) is 0 Å². The zero-order valence-corrected chi connectivity index (χ0v) is 35.0. The lowest BCUT2D eigenvalue weighted by Crippen LogP contribution is -2.10. The first kappa shape index (κ1) is 37.3. The Hall–Kier alpha value is -8.46. The lowest BCUT2D eigenvalue weighted by atomic mass is 9.85. The van der Waals surface area contributed by atoms with E-state index >= 15 is 0 Å². The van der Waals surface area contributed by atoms with Gasteiger partial charge in [-0.2, -0.15) is 0 Å². The minimum atomic E-state index is 0.836. The summed E-state index contributed by atoms with van der Waals surface area (Å²) < 4.78 is 7.25. The van der Waals surface area contributed by atoms with E-state index in [9.17, 15) is 0 Å². The first-order chi connectivity index (χ1) is 31.8. The second-order valence-corrected chi connectivity index (χ2v) is 16.4. The quantitative estimate of drug-likeness (QED) is 0.142.